The van der Waals surface area contributed by atoms with Gasteiger partial charge in [-0.3, -0.25) is 0 Å². The molecule has 0 saturated carbocycles. The van der Waals surface area contributed by atoms with Crippen molar-refractivity contribution in [1.29, 1.82) is 0 Å². The van der Waals surface area contributed by atoms with E-state index in [0.29, 0.717) is 23.7 Å². The quantitative estimate of drug-likeness (QED) is 0.178. The minimum absolute atomic E-state index is 0.433. The lowest BCUT2D eigenvalue weighted by Crippen LogP contribution is -2.32. The normalized spacial score (nSPS) is 12.0. The fourth-order valence-electron chi connectivity index (χ4n) is 6.35. The first kappa shape index (κ1) is 30.7. The topological polar surface area (TPSA) is 16.8 Å². The van der Waals surface area contributed by atoms with Crippen LogP contribution < -0.4 is 4.57 Å². The Morgan fingerprint density at radius 2 is 1.16 bits per heavy atom. The molecule has 1 heterocycles. The van der Waals surface area contributed by atoms with Crippen molar-refractivity contribution < 1.29 is 4.57 Å². The first-order valence-corrected chi connectivity index (χ1v) is 16.1. The maximum absolute atomic E-state index is 4.90. The standard InChI is InChI=1S/C41H49N2/c1-24(2)30-12-14-31(15-13-30)32-16-17-35-39(22-32)42-23-43(11)41(35)38-21-34(18-28(9)29(38)10)40-36(26(5)6)19-33(25(3)4)20-37(40)27(7)8/h12-27H,1-11H3/q+1. The van der Waals surface area contributed by atoms with Crippen molar-refractivity contribution in [3.63, 3.8) is 0 Å². The van der Waals surface area contributed by atoms with Gasteiger partial charge in [0.25, 0.3) is 6.33 Å². The molecule has 2 nitrogen and oxygen atoms in total. The molecule has 5 aromatic rings. The van der Waals surface area contributed by atoms with Gasteiger partial charge in [0.05, 0.1) is 12.4 Å². The van der Waals surface area contributed by atoms with Gasteiger partial charge >= 0.3 is 0 Å². The summed E-state index contributed by atoms with van der Waals surface area (Å²) < 4.78 is 2.19. The maximum Gasteiger partial charge on any atom is 0.287 e. The molecule has 0 amide bonds. The highest BCUT2D eigenvalue weighted by Crippen LogP contribution is 2.42. The fourth-order valence-corrected chi connectivity index (χ4v) is 6.35. The number of benzene rings is 4. The van der Waals surface area contributed by atoms with Gasteiger partial charge in [-0.2, -0.15) is 0 Å². The summed E-state index contributed by atoms with van der Waals surface area (Å²) in [5.74, 6) is 1.89. The van der Waals surface area contributed by atoms with Gasteiger partial charge in [-0.25, -0.2) is 4.57 Å². The van der Waals surface area contributed by atoms with E-state index in [1.54, 1.807) is 0 Å². The van der Waals surface area contributed by atoms with Crippen LogP contribution in [0.2, 0.25) is 0 Å². The SMILES string of the molecule is Cc1cc(-c2c(C(C)C)cc(C(C)C)cc2C(C)C)cc(-c2c3ccc(-c4ccc(C(C)C)cc4)cc3nc[n+]2C)c1C. The summed E-state index contributed by atoms with van der Waals surface area (Å²) in [4.78, 5) is 4.90. The first-order valence-electron chi connectivity index (χ1n) is 16.1. The Kier molecular flexibility index (Phi) is 8.61. The minimum Gasteiger partial charge on any atom is -0.232 e. The van der Waals surface area contributed by atoms with Crippen LogP contribution in [0, 0.1) is 13.8 Å². The molecule has 222 valence electrons. The van der Waals surface area contributed by atoms with Gasteiger partial charge in [-0.15, -0.1) is 0 Å². The maximum atomic E-state index is 4.90. The molecule has 0 radical (unpaired) electrons. The van der Waals surface area contributed by atoms with E-state index in [2.05, 4.69) is 148 Å². The minimum atomic E-state index is 0.433. The van der Waals surface area contributed by atoms with E-state index in [9.17, 15) is 0 Å². The van der Waals surface area contributed by atoms with Gasteiger partial charge in [-0.05, 0) is 116 Å². The lowest BCUT2D eigenvalue weighted by atomic mass is 9.80. The number of nitrogens with zero attached hydrogens (tertiary/aromatic N) is 2. The average molecular weight is 570 g/mol. The van der Waals surface area contributed by atoms with Gasteiger partial charge in [0.15, 0.2) is 5.52 Å². The molecule has 0 saturated heterocycles. The number of aryl methyl sites for hydroxylation is 2. The molecular weight excluding hydrogens is 520 g/mol. The molecular formula is C41H49N2+. The van der Waals surface area contributed by atoms with E-state index < -0.39 is 0 Å². The zero-order valence-electron chi connectivity index (χ0n) is 28.1. The summed E-state index contributed by atoms with van der Waals surface area (Å²) in [5.41, 5.74) is 17.0. The van der Waals surface area contributed by atoms with Gasteiger partial charge < -0.3 is 0 Å². The molecule has 0 fully saturated rings. The van der Waals surface area contributed by atoms with Crippen LogP contribution in [0.3, 0.4) is 0 Å². The van der Waals surface area contributed by atoms with Crippen LogP contribution in [0.4, 0.5) is 0 Å². The van der Waals surface area contributed by atoms with Crippen molar-refractivity contribution in [2.45, 2.75) is 92.9 Å². The number of hydrogen-bond acceptors (Lipinski definition) is 1. The monoisotopic (exact) mass is 569 g/mol. The second-order valence-electron chi connectivity index (χ2n) is 13.7. The van der Waals surface area contributed by atoms with E-state index in [1.165, 1.54) is 72.3 Å². The van der Waals surface area contributed by atoms with Crippen molar-refractivity contribution >= 4 is 10.9 Å². The zero-order valence-corrected chi connectivity index (χ0v) is 28.1. The summed E-state index contributed by atoms with van der Waals surface area (Å²) in [5, 5.41) is 1.18. The number of hydrogen-bond donors (Lipinski definition) is 0. The summed E-state index contributed by atoms with van der Waals surface area (Å²) >= 11 is 0. The molecule has 43 heavy (non-hydrogen) atoms. The Hall–Kier alpha value is -3.78. The van der Waals surface area contributed by atoms with Crippen molar-refractivity contribution in [3.8, 4) is 33.5 Å². The number of rotatable bonds is 7. The van der Waals surface area contributed by atoms with Crippen molar-refractivity contribution in [3.05, 3.63) is 106 Å². The van der Waals surface area contributed by atoms with Gasteiger partial charge in [-0.1, -0.05) is 104 Å². The molecule has 0 aliphatic heterocycles. The highest BCUT2D eigenvalue weighted by Gasteiger charge is 2.23. The molecule has 0 aliphatic rings. The molecule has 0 aliphatic carbocycles. The Balaban J connectivity index is 1.72. The van der Waals surface area contributed by atoms with Crippen molar-refractivity contribution in [2.24, 2.45) is 7.05 Å². The van der Waals surface area contributed by atoms with Gasteiger partial charge in [0, 0.05) is 5.56 Å². The van der Waals surface area contributed by atoms with Crippen LogP contribution in [-0.2, 0) is 7.05 Å². The summed E-state index contributed by atoms with van der Waals surface area (Å²) in [6.07, 6.45) is 1.97. The Morgan fingerprint density at radius 3 is 1.72 bits per heavy atom. The third-order valence-electron chi connectivity index (χ3n) is 9.23. The van der Waals surface area contributed by atoms with Crippen LogP contribution >= 0.6 is 0 Å². The third-order valence-corrected chi connectivity index (χ3v) is 9.23. The summed E-state index contributed by atoms with van der Waals surface area (Å²) in [7, 11) is 2.12. The molecule has 0 N–H and O–H groups in total. The van der Waals surface area contributed by atoms with Crippen LogP contribution in [0.5, 0.6) is 0 Å². The first-order chi connectivity index (χ1) is 20.4. The third kappa shape index (κ3) is 5.90. The van der Waals surface area contributed by atoms with E-state index in [4.69, 9.17) is 4.98 Å². The van der Waals surface area contributed by atoms with Crippen LogP contribution in [0.15, 0.2) is 73.1 Å². The average Bonchev–Trinajstić information content (AvgIpc) is 2.97. The van der Waals surface area contributed by atoms with Crippen LogP contribution in [-0.4, -0.2) is 4.98 Å². The second kappa shape index (κ2) is 12.1. The van der Waals surface area contributed by atoms with Crippen LogP contribution in [0.1, 0.15) is 112 Å². The molecule has 0 spiro atoms. The van der Waals surface area contributed by atoms with E-state index in [-0.39, 0.29) is 0 Å². The van der Waals surface area contributed by atoms with E-state index >= 15 is 0 Å². The number of fused-ring (bicyclic) bond motifs is 1. The van der Waals surface area contributed by atoms with Gasteiger partial charge in [0.1, 0.15) is 5.69 Å². The molecule has 4 aromatic carbocycles. The van der Waals surface area contributed by atoms with Crippen LogP contribution in [0.25, 0.3) is 44.4 Å². The second-order valence-corrected chi connectivity index (χ2v) is 13.7. The zero-order chi connectivity index (χ0) is 31.2. The smallest absolute Gasteiger partial charge is 0.232 e. The van der Waals surface area contributed by atoms with E-state index in [1.807, 2.05) is 6.33 Å². The molecule has 0 atom stereocenters. The molecule has 0 unspecified atom stereocenters. The Labute approximate surface area is 259 Å². The number of aromatic nitrogens is 2. The predicted octanol–water partition coefficient (Wildman–Crippen LogP) is 11.2. The van der Waals surface area contributed by atoms with E-state index in [0.717, 1.165) is 5.52 Å². The Morgan fingerprint density at radius 1 is 0.581 bits per heavy atom. The predicted molar refractivity (Wildman–Crippen MR) is 185 cm³/mol. The molecule has 5 rings (SSSR count). The fraction of sp³-hybridized carbons (Fsp3) is 0.366. The van der Waals surface area contributed by atoms with Crippen molar-refractivity contribution in [2.75, 3.05) is 0 Å². The van der Waals surface area contributed by atoms with Crippen molar-refractivity contribution in [1.82, 2.24) is 4.98 Å². The highest BCUT2D eigenvalue weighted by molar-refractivity contribution is 5.95. The lowest BCUT2D eigenvalue weighted by molar-refractivity contribution is -0.662. The molecule has 2 heteroatoms. The lowest BCUT2D eigenvalue weighted by Gasteiger charge is -2.24. The molecule has 0 bridgehead atoms. The Bertz CT molecular complexity index is 1760. The molecule has 1 aromatic heterocycles. The van der Waals surface area contributed by atoms with Gasteiger partial charge in [0.2, 0.25) is 0 Å². The summed E-state index contributed by atoms with van der Waals surface area (Å²) in [6, 6.07) is 25.5. The highest BCUT2D eigenvalue weighted by atomic mass is 15.0. The summed E-state index contributed by atoms with van der Waals surface area (Å²) in [6.45, 7) is 22.9. The largest absolute Gasteiger partial charge is 0.287 e.